The number of esters is 1. The second-order valence-corrected chi connectivity index (χ2v) is 5.30. The van der Waals surface area contributed by atoms with Crippen LogP contribution in [0.25, 0.3) is 0 Å². The Morgan fingerprint density at radius 1 is 1.25 bits per heavy atom. The van der Waals surface area contributed by atoms with E-state index in [9.17, 15) is 9.59 Å². The predicted molar refractivity (Wildman–Crippen MR) is 81.7 cm³/mol. The lowest BCUT2D eigenvalue weighted by molar-refractivity contribution is -0.142. The Balaban J connectivity index is 2.01. The number of rotatable bonds is 9. The second-order valence-electron chi connectivity index (χ2n) is 4.19. The molecular formula is C15H21NO3S. The van der Waals surface area contributed by atoms with Gasteiger partial charge in [-0.1, -0.05) is 30.3 Å². The summed E-state index contributed by atoms with van der Waals surface area (Å²) >= 11 is 1.60. The second kappa shape index (κ2) is 10.3. The molecule has 0 heterocycles. The van der Waals surface area contributed by atoms with E-state index in [0.717, 1.165) is 12.2 Å². The zero-order valence-corrected chi connectivity index (χ0v) is 12.6. The minimum absolute atomic E-state index is 0.0349. The summed E-state index contributed by atoms with van der Waals surface area (Å²) in [7, 11) is 0. The van der Waals surface area contributed by atoms with Crippen LogP contribution in [0.3, 0.4) is 0 Å². The van der Waals surface area contributed by atoms with Gasteiger partial charge in [-0.25, -0.2) is 0 Å². The standard InChI is InChI=1S/C15H21NO3S/c1-2-19-15(18)8-10-16-14(17)12-20-11-9-13-6-4-3-5-7-13/h3-7H,2,8-12H2,1H3,(H,16,17). The van der Waals surface area contributed by atoms with Crippen molar-refractivity contribution in [1.29, 1.82) is 0 Å². The first-order valence-electron chi connectivity index (χ1n) is 6.76. The number of hydrogen-bond acceptors (Lipinski definition) is 4. The van der Waals surface area contributed by atoms with E-state index in [1.54, 1.807) is 18.7 Å². The number of carbonyl (C=O) groups is 2. The molecule has 0 saturated heterocycles. The molecule has 1 N–H and O–H groups in total. The van der Waals surface area contributed by atoms with Crippen LogP contribution in [0.5, 0.6) is 0 Å². The van der Waals surface area contributed by atoms with Gasteiger partial charge in [0.05, 0.1) is 18.8 Å². The number of benzene rings is 1. The smallest absolute Gasteiger partial charge is 0.307 e. The van der Waals surface area contributed by atoms with Gasteiger partial charge in [-0.15, -0.1) is 0 Å². The number of amides is 1. The molecule has 0 aliphatic heterocycles. The third-order valence-electron chi connectivity index (χ3n) is 2.57. The number of nitrogens with one attached hydrogen (secondary N) is 1. The molecular weight excluding hydrogens is 274 g/mol. The summed E-state index contributed by atoms with van der Waals surface area (Å²) in [4.78, 5) is 22.6. The highest BCUT2D eigenvalue weighted by molar-refractivity contribution is 7.99. The Hall–Kier alpha value is -1.49. The van der Waals surface area contributed by atoms with E-state index < -0.39 is 0 Å². The van der Waals surface area contributed by atoms with Gasteiger partial charge in [0.2, 0.25) is 5.91 Å². The lowest BCUT2D eigenvalue weighted by atomic mass is 10.2. The minimum atomic E-state index is -0.274. The van der Waals surface area contributed by atoms with Crippen LogP contribution >= 0.6 is 11.8 Å². The zero-order valence-electron chi connectivity index (χ0n) is 11.8. The molecule has 0 spiro atoms. The first-order valence-corrected chi connectivity index (χ1v) is 7.92. The molecule has 0 radical (unpaired) electrons. The lowest BCUT2D eigenvalue weighted by Gasteiger charge is -2.05. The maximum Gasteiger partial charge on any atom is 0.307 e. The van der Waals surface area contributed by atoms with Crippen LogP contribution in [0.1, 0.15) is 18.9 Å². The molecule has 110 valence electrons. The average molecular weight is 295 g/mol. The van der Waals surface area contributed by atoms with Gasteiger partial charge in [-0.2, -0.15) is 11.8 Å². The summed E-state index contributed by atoms with van der Waals surface area (Å²) in [5.41, 5.74) is 1.28. The van der Waals surface area contributed by atoms with E-state index in [0.29, 0.717) is 18.9 Å². The lowest BCUT2D eigenvalue weighted by Crippen LogP contribution is -2.28. The summed E-state index contributed by atoms with van der Waals surface area (Å²) in [6.07, 6.45) is 1.19. The Kier molecular flexibility index (Phi) is 8.54. The van der Waals surface area contributed by atoms with Crippen LogP contribution in [-0.4, -0.2) is 36.5 Å². The number of aryl methyl sites for hydroxylation is 1. The van der Waals surface area contributed by atoms with Crippen LogP contribution in [0.15, 0.2) is 30.3 Å². The van der Waals surface area contributed by atoms with Crippen molar-refractivity contribution in [3.63, 3.8) is 0 Å². The van der Waals surface area contributed by atoms with Crippen molar-refractivity contribution in [3.05, 3.63) is 35.9 Å². The summed E-state index contributed by atoms with van der Waals surface area (Å²) < 4.78 is 4.78. The molecule has 1 amide bonds. The van der Waals surface area contributed by atoms with Gasteiger partial charge in [0.15, 0.2) is 0 Å². The fourth-order valence-corrected chi connectivity index (χ4v) is 2.40. The third kappa shape index (κ3) is 7.84. The molecule has 0 aliphatic carbocycles. The van der Waals surface area contributed by atoms with Crippen LogP contribution in [0.4, 0.5) is 0 Å². The van der Waals surface area contributed by atoms with Crippen molar-refractivity contribution in [1.82, 2.24) is 5.32 Å². The molecule has 0 unspecified atom stereocenters. The fraction of sp³-hybridized carbons (Fsp3) is 0.467. The summed E-state index contributed by atoms with van der Waals surface area (Å²) in [6.45, 7) is 2.49. The van der Waals surface area contributed by atoms with E-state index in [-0.39, 0.29) is 18.3 Å². The molecule has 1 aromatic carbocycles. The van der Waals surface area contributed by atoms with Crippen LogP contribution in [0.2, 0.25) is 0 Å². The van der Waals surface area contributed by atoms with E-state index in [1.165, 1.54) is 5.56 Å². The molecule has 0 atom stereocenters. The van der Waals surface area contributed by atoms with Gasteiger partial charge >= 0.3 is 5.97 Å². The summed E-state index contributed by atoms with van der Waals surface area (Å²) in [6, 6.07) is 10.2. The highest BCUT2D eigenvalue weighted by Crippen LogP contribution is 2.06. The molecule has 20 heavy (non-hydrogen) atoms. The minimum Gasteiger partial charge on any atom is -0.466 e. The Bertz CT molecular complexity index is 409. The molecule has 1 rings (SSSR count). The van der Waals surface area contributed by atoms with Gasteiger partial charge < -0.3 is 10.1 Å². The van der Waals surface area contributed by atoms with Crippen LogP contribution in [-0.2, 0) is 20.7 Å². The first-order chi connectivity index (χ1) is 9.72. The molecule has 5 heteroatoms. The van der Waals surface area contributed by atoms with E-state index >= 15 is 0 Å². The van der Waals surface area contributed by atoms with E-state index in [2.05, 4.69) is 17.4 Å². The maximum absolute atomic E-state index is 11.5. The molecule has 0 aromatic heterocycles. The van der Waals surface area contributed by atoms with Crippen molar-refractivity contribution >= 4 is 23.6 Å². The molecule has 1 aromatic rings. The number of hydrogen-bond donors (Lipinski definition) is 1. The normalized spacial score (nSPS) is 10.1. The Morgan fingerprint density at radius 3 is 2.70 bits per heavy atom. The Labute approximate surface area is 124 Å². The molecule has 0 aliphatic rings. The van der Waals surface area contributed by atoms with Gasteiger partial charge in [0.1, 0.15) is 0 Å². The average Bonchev–Trinajstić information content (AvgIpc) is 2.45. The molecule has 4 nitrogen and oxygen atoms in total. The molecule has 0 saturated carbocycles. The summed E-state index contributed by atoms with van der Waals surface area (Å²) in [5.74, 6) is 1.03. The third-order valence-corrected chi connectivity index (χ3v) is 3.53. The largest absolute Gasteiger partial charge is 0.466 e. The molecule has 0 fully saturated rings. The topological polar surface area (TPSA) is 55.4 Å². The number of thioether (sulfide) groups is 1. The quantitative estimate of drug-likeness (QED) is 0.559. The van der Waals surface area contributed by atoms with Crippen molar-refractivity contribution in [2.75, 3.05) is 24.7 Å². The highest BCUT2D eigenvalue weighted by Gasteiger charge is 2.04. The van der Waals surface area contributed by atoms with E-state index in [4.69, 9.17) is 4.74 Å². The summed E-state index contributed by atoms with van der Waals surface area (Å²) in [5, 5.41) is 2.71. The fourth-order valence-electron chi connectivity index (χ4n) is 1.59. The maximum atomic E-state index is 11.5. The monoisotopic (exact) mass is 295 g/mol. The van der Waals surface area contributed by atoms with E-state index in [1.807, 2.05) is 18.2 Å². The Morgan fingerprint density at radius 2 is 2.00 bits per heavy atom. The first kappa shape index (κ1) is 16.6. The van der Waals surface area contributed by atoms with Crippen molar-refractivity contribution in [2.45, 2.75) is 19.8 Å². The highest BCUT2D eigenvalue weighted by atomic mass is 32.2. The van der Waals surface area contributed by atoms with Crippen LogP contribution < -0.4 is 5.32 Å². The van der Waals surface area contributed by atoms with Crippen molar-refractivity contribution in [2.24, 2.45) is 0 Å². The predicted octanol–water partition coefficient (Wildman–Crippen LogP) is 2.03. The van der Waals surface area contributed by atoms with Gasteiger partial charge in [-0.05, 0) is 24.7 Å². The SMILES string of the molecule is CCOC(=O)CCNC(=O)CSCCc1ccccc1. The van der Waals surface area contributed by atoms with Gasteiger partial charge in [-0.3, -0.25) is 9.59 Å². The van der Waals surface area contributed by atoms with Gasteiger partial charge in [0, 0.05) is 6.54 Å². The van der Waals surface area contributed by atoms with Gasteiger partial charge in [0.25, 0.3) is 0 Å². The zero-order chi connectivity index (χ0) is 14.6. The van der Waals surface area contributed by atoms with Crippen molar-refractivity contribution in [3.8, 4) is 0 Å². The van der Waals surface area contributed by atoms with Crippen molar-refractivity contribution < 1.29 is 14.3 Å². The van der Waals surface area contributed by atoms with Crippen LogP contribution in [0, 0.1) is 0 Å². The number of carbonyl (C=O) groups excluding carboxylic acids is 2. The molecule has 0 bridgehead atoms. The number of ether oxygens (including phenoxy) is 1.